The van der Waals surface area contributed by atoms with Crippen molar-refractivity contribution in [2.75, 3.05) is 23.8 Å². The molecule has 1 aromatic heterocycles. The molecule has 0 bridgehead atoms. The number of rotatable bonds is 5. The molecular weight excluding hydrogens is 224 g/mol. The normalized spacial score (nSPS) is 16.2. The van der Waals surface area contributed by atoms with Crippen LogP contribution in [0.15, 0.2) is 12.4 Å². The second-order valence-electron chi connectivity index (χ2n) is 5.50. The van der Waals surface area contributed by atoms with Gasteiger partial charge >= 0.3 is 0 Å². The Labute approximate surface area is 110 Å². The highest BCUT2D eigenvalue weighted by Gasteiger charge is 2.24. The van der Waals surface area contributed by atoms with E-state index in [2.05, 4.69) is 34.0 Å². The van der Waals surface area contributed by atoms with E-state index in [9.17, 15) is 0 Å². The van der Waals surface area contributed by atoms with Crippen LogP contribution in [-0.2, 0) is 0 Å². The van der Waals surface area contributed by atoms with Crippen LogP contribution in [0.3, 0.4) is 0 Å². The minimum absolute atomic E-state index is 0.644. The molecule has 0 amide bonds. The Balaban J connectivity index is 2.20. The van der Waals surface area contributed by atoms with Crippen LogP contribution in [0.2, 0.25) is 0 Å². The molecule has 0 unspecified atom stereocenters. The van der Waals surface area contributed by atoms with Gasteiger partial charge in [0.2, 0.25) is 0 Å². The lowest BCUT2D eigenvalue weighted by Crippen LogP contribution is -2.37. The van der Waals surface area contributed by atoms with Crippen molar-refractivity contribution in [1.82, 2.24) is 9.97 Å². The van der Waals surface area contributed by atoms with Crippen molar-refractivity contribution in [3.63, 3.8) is 0 Å². The van der Waals surface area contributed by atoms with Crippen LogP contribution in [0.25, 0.3) is 0 Å². The molecule has 0 radical (unpaired) electrons. The highest BCUT2D eigenvalue weighted by atomic mass is 15.2. The number of nitrogens with zero attached hydrogens (tertiary/aromatic N) is 3. The third-order valence-corrected chi connectivity index (χ3v) is 3.50. The van der Waals surface area contributed by atoms with E-state index in [-0.39, 0.29) is 0 Å². The molecule has 1 heterocycles. The second kappa shape index (κ2) is 6.03. The van der Waals surface area contributed by atoms with Crippen molar-refractivity contribution >= 4 is 11.6 Å². The maximum absolute atomic E-state index is 4.64. The Morgan fingerprint density at radius 3 is 2.67 bits per heavy atom. The minimum atomic E-state index is 0.644. The van der Waals surface area contributed by atoms with Gasteiger partial charge in [0.25, 0.3) is 0 Å². The van der Waals surface area contributed by atoms with E-state index in [0.29, 0.717) is 12.0 Å². The maximum Gasteiger partial charge on any atom is 0.149 e. The Hall–Kier alpha value is -1.32. The van der Waals surface area contributed by atoms with Crippen molar-refractivity contribution in [3.8, 4) is 0 Å². The van der Waals surface area contributed by atoms with Gasteiger partial charge < -0.3 is 10.2 Å². The summed E-state index contributed by atoms with van der Waals surface area (Å²) in [5, 5.41) is 3.07. The molecule has 0 spiro atoms. The highest BCUT2D eigenvalue weighted by molar-refractivity contribution is 5.44. The van der Waals surface area contributed by atoms with Crippen molar-refractivity contribution in [2.24, 2.45) is 5.92 Å². The van der Waals surface area contributed by atoms with Gasteiger partial charge in [-0.2, -0.15) is 0 Å². The molecule has 1 saturated carbocycles. The van der Waals surface area contributed by atoms with Crippen molar-refractivity contribution in [1.29, 1.82) is 0 Å². The molecule has 4 heteroatoms. The van der Waals surface area contributed by atoms with Crippen LogP contribution in [0.5, 0.6) is 0 Å². The van der Waals surface area contributed by atoms with E-state index in [1.54, 1.807) is 6.20 Å². The van der Waals surface area contributed by atoms with E-state index in [1.165, 1.54) is 25.7 Å². The molecular formula is C14H24N4. The van der Waals surface area contributed by atoms with Crippen LogP contribution in [0.4, 0.5) is 11.6 Å². The first-order valence-corrected chi connectivity index (χ1v) is 6.97. The van der Waals surface area contributed by atoms with Crippen LogP contribution in [0, 0.1) is 5.92 Å². The summed E-state index contributed by atoms with van der Waals surface area (Å²) in [6.07, 6.45) is 8.93. The lowest BCUT2D eigenvalue weighted by atomic mass is 10.1. The molecule has 2 rings (SSSR count). The zero-order valence-corrected chi connectivity index (χ0v) is 11.7. The SMILES string of the molecule is CNc1cncc(N(CC(C)C)C2CCCC2)n1. The fourth-order valence-electron chi connectivity index (χ4n) is 2.65. The third-order valence-electron chi connectivity index (χ3n) is 3.50. The summed E-state index contributed by atoms with van der Waals surface area (Å²) < 4.78 is 0. The van der Waals surface area contributed by atoms with E-state index in [1.807, 2.05) is 13.2 Å². The second-order valence-corrected chi connectivity index (χ2v) is 5.50. The molecule has 4 nitrogen and oxygen atoms in total. The zero-order chi connectivity index (χ0) is 13.0. The third kappa shape index (κ3) is 3.12. The van der Waals surface area contributed by atoms with Gasteiger partial charge in [0.05, 0.1) is 12.4 Å². The Morgan fingerprint density at radius 1 is 1.33 bits per heavy atom. The standard InChI is InChI=1S/C14H24N4/c1-11(2)10-18(12-6-4-5-7-12)14-9-16-8-13(15-3)17-14/h8-9,11-12H,4-7,10H2,1-3H3,(H,15,17). The lowest BCUT2D eigenvalue weighted by Gasteiger charge is -2.31. The van der Waals surface area contributed by atoms with Crippen molar-refractivity contribution in [2.45, 2.75) is 45.6 Å². The first-order chi connectivity index (χ1) is 8.70. The number of anilines is 2. The first-order valence-electron chi connectivity index (χ1n) is 6.97. The average Bonchev–Trinajstić information content (AvgIpc) is 2.89. The molecule has 1 aliphatic rings. The van der Waals surface area contributed by atoms with E-state index in [4.69, 9.17) is 0 Å². The number of nitrogens with one attached hydrogen (secondary N) is 1. The predicted molar refractivity (Wildman–Crippen MR) is 76.0 cm³/mol. The number of aromatic nitrogens is 2. The lowest BCUT2D eigenvalue weighted by molar-refractivity contribution is 0.531. The Kier molecular flexibility index (Phi) is 4.39. The van der Waals surface area contributed by atoms with Gasteiger partial charge in [-0.1, -0.05) is 26.7 Å². The molecule has 1 aliphatic carbocycles. The summed E-state index contributed by atoms with van der Waals surface area (Å²) in [7, 11) is 1.89. The summed E-state index contributed by atoms with van der Waals surface area (Å²) in [6.45, 7) is 5.58. The van der Waals surface area contributed by atoms with Gasteiger partial charge in [0, 0.05) is 19.6 Å². The summed E-state index contributed by atoms with van der Waals surface area (Å²) in [5.74, 6) is 2.51. The van der Waals surface area contributed by atoms with Crippen LogP contribution in [0.1, 0.15) is 39.5 Å². The predicted octanol–water partition coefficient (Wildman–Crippen LogP) is 2.92. The van der Waals surface area contributed by atoms with Crippen molar-refractivity contribution < 1.29 is 0 Å². The fourth-order valence-corrected chi connectivity index (χ4v) is 2.65. The van der Waals surface area contributed by atoms with E-state index >= 15 is 0 Å². The van der Waals surface area contributed by atoms with E-state index < -0.39 is 0 Å². The van der Waals surface area contributed by atoms with E-state index in [0.717, 1.165) is 18.2 Å². The fraction of sp³-hybridized carbons (Fsp3) is 0.714. The molecule has 1 fully saturated rings. The topological polar surface area (TPSA) is 41.1 Å². The molecule has 18 heavy (non-hydrogen) atoms. The largest absolute Gasteiger partial charge is 0.372 e. The zero-order valence-electron chi connectivity index (χ0n) is 11.7. The summed E-state index contributed by atoms with van der Waals surface area (Å²) in [6, 6.07) is 0.647. The minimum Gasteiger partial charge on any atom is -0.372 e. The van der Waals surface area contributed by atoms with Crippen LogP contribution < -0.4 is 10.2 Å². The monoisotopic (exact) mass is 248 g/mol. The molecule has 1 aromatic rings. The van der Waals surface area contributed by atoms with Gasteiger partial charge in [0.15, 0.2) is 0 Å². The summed E-state index contributed by atoms with van der Waals surface area (Å²) >= 11 is 0. The molecule has 0 aromatic carbocycles. The van der Waals surface area contributed by atoms with Gasteiger partial charge in [-0.3, -0.25) is 4.98 Å². The van der Waals surface area contributed by atoms with Gasteiger partial charge in [0.1, 0.15) is 11.6 Å². The highest BCUT2D eigenvalue weighted by Crippen LogP contribution is 2.28. The average molecular weight is 248 g/mol. The quantitative estimate of drug-likeness (QED) is 0.870. The smallest absolute Gasteiger partial charge is 0.149 e. The molecule has 1 N–H and O–H groups in total. The molecule has 0 atom stereocenters. The summed E-state index contributed by atoms with van der Waals surface area (Å²) in [5.41, 5.74) is 0. The van der Waals surface area contributed by atoms with Gasteiger partial charge in [-0.25, -0.2) is 4.98 Å². The molecule has 100 valence electrons. The number of hydrogen-bond acceptors (Lipinski definition) is 4. The Morgan fingerprint density at radius 2 is 2.06 bits per heavy atom. The van der Waals surface area contributed by atoms with Crippen molar-refractivity contribution in [3.05, 3.63) is 12.4 Å². The molecule has 0 aliphatic heterocycles. The number of hydrogen-bond donors (Lipinski definition) is 1. The summed E-state index contributed by atoms with van der Waals surface area (Å²) in [4.78, 5) is 11.4. The Bertz CT molecular complexity index is 372. The van der Waals surface area contributed by atoms with Crippen LogP contribution >= 0.6 is 0 Å². The molecule has 0 saturated heterocycles. The first kappa shape index (κ1) is 13.1. The van der Waals surface area contributed by atoms with Gasteiger partial charge in [-0.15, -0.1) is 0 Å². The maximum atomic E-state index is 4.64. The van der Waals surface area contributed by atoms with Crippen LogP contribution in [-0.4, -0.2) is 29.6 Å². The van der Waals surface area contributed by atoms with Gasteiger partial charge in [-0.05, 0) is 18.8 Å².